The van der Waals surface area contributed by atoms with Crippen molar-refractivity contribution in [2.24, 2.45) is 7.05 Å². The van der Waals surface area contributed by atoms with Crippen LogP contribution in [-0.2, 0) is 18.0 Å². The predicted molar refractivity (Wildman–Crippen MR) is 192 cm³/mol. The first-order chi connectivity index (χ1) is 25.3. The minimum Gasteiger partial charge on any atom is -0.461 e. The first kappa shape index (κ1) is 34.7. The molecular weight excluding hydrogens is 692 g/mol. The van der Waals surface area contributed by atoms with Crippen LogP contribution < -0.4 is 9.64 Å². The summed E-state index contributed by atoms with van der Waals surface area (Å²) < 4.78 is 76.0. The minimum absolute atomic E-state index is 0.0552. The number of aliphatic hydroxyl groups is 1. The van der Waals surface area contributed by atoms with Crippen molar-refractivity contribution in [1.82, 2.24) is 34.2 Å². The fourth-order valence-corrected chi connectivity index (χ4v) is 9.60. The molecule has 53 heavy (non-hydrogen) atoms. The van der Waals surface area contributed by atoms with Gasteiger partial charge in [-0.25, -0.2) is 9.07 Å². The van der Waals surface area contributed by atoms with Gasteiger partial charge in [-0.05, 0) is 83.0 Å². The zero-order valence-corrected chi connectivity index (χ0v) is 30.2. The standard InChI is InChI=1S/C38H44F4N8O3/c1-22-16-26-25(18-44-50(26)27-8-4-5-15-52-27)28(30(22)38(40,41)42)31-32-24(9-12-43-31)29-33(47(32)3)45-35(46-34(29)48-13-6-10-36(2,51)20-48)53-21-37-11-7-14-49(37)19-23(39)17-37/h9,12,16,18,23,27,51H,4-8,10-11,13-15,17,19-21H2,1-3H3/t23-,27?,36-,37+/m1/s1. The number of hydrogen-bond acceptors (Lipinski definition) is 9. The van der Waals surface area contributed by atoms with Crippen molar-refractivity contribution in [3.8, 4) is 17.3 Å². The van der Waals surface area contributed by atoms with Crippen molar-refractivity contribution in [3.63, 3.8) is 0 Å². The molecule has 4 saturated heterocycles. The maximum Gasteiger partial charge on any atom is 0.417 e. The highest BCUT2D eigenvalue weighted by Crippen LogP contribution is 2.47. The lowest BCUT2D eigenvalue weighted by atomic mass is 9.93. The SMILES string of the molecule is Cc1cc2c(cnn2C2CCCCO2)c(-c2nccc3c4c(N5CCC[C@@](C)(O)C5)nc(OC[C@@]56CCCN5C[C@H](F)C6)nc4n(C)c23)c1C(F)(F)F. The van der Waals surface area contributed by atoms with Gasteiger partial charge < -0.3 is 24.0 Å². The molecule has 4 fully saturated rings. The van der Waals surface area contributed by atoms with Gasteiger partial charge in [-0.3, -0.25) is 9.88 Å². The summed E-state index contributed by atoms with van der Waals surface area (Å²) in [4.78, 5) is 18.7. The molecular formula is C38H44F4N8O3. The molecule has 15 heteroatoms. The van der Waals surface area contributed by atoms with Gasteiger partial charge in [-0.15, -0.1) is 0 Å². The van der Waals surface area contributed by atoms with E-state index >= 15 is 13.2 Å². The topological polar surface area (TPSA) is 107 Å². The van der Waals surface area contributed by atoms with Crippen LogP contribution in [0.3, 0.4) is 0 Å². The molecule has 9 rings (SSSR count). The van der Waals surface area contributed by atoms with Crippen LogP contribution in [0.2, 0.25) is 0 Å². The molecule has 0 saturated carbocycles. The summed E-state index contributed by atoms with van der Waals surface area (Å²) in [6, 6.07) is 3.43. The van der Waals surface area contributed by atoms with Crippen LogP contribution in [0.1, 0.15) is 75.6 Å². The molecule has 8 heterocycles. The summed E-state index contributed by atoms with van der Waals surface area (Å²) in [7, 11) is 1.77. The molecule has 0 aliphatic carbocycles. The molecule has 4 atom stereocenters. The number of aromatic nitrogens is 6. The highest BCUT2D eigenvalue weighted by Gasteiger charge is 2.49. The Kier molecular flexibility index (Phi) is 8.17. The van der Waals surface area contributed by atoms with Gasteiger partial charge in [0.1, 0.15) is 24.2 Å². The normalized spacial score (nSPS) is 27.1. The Labute approximate surface area is 303 Å². The number of alkyl halides is 4. The Hall–Kier alpha value is -4.08. The van der Waals surface area contributed by atoms with E-state index in [9.17, 15) is 9.50 Å². The molecule has 1 N–H and O–H groups in total. The number of rotatable bonds is 6. The van der Waals surface area contributed by atoms with Crippen molar-refractivity contribution < 1.29 is 32.1 Å². The second kappa shape index (κ2) is 12.5. The summed E-state index contributed by atoms with van der Waals surface area (Å²) in [5, 5.41) is 17.3. The van der Waals surface area contributed by atoms with E-state index in [1.54, 1.807) is 35.4 Å². The number of piperidine rings is 1. The zero-order valence-electron chi connectivity index (χ0n) is 30.2. The lowest BCUT2D eigenvalue weighted by molar-refractivity contribution is -0.137. The van der Waals surface area contributed by atoms with Crippen molar-refractivity contribution in [2.75, 3.05) is 44.3 Å². The van der Waals surface area contributed by atoms with E-state index in [1.165, 1.54) is 19.3 Å². The van der Waals surface area contributed by atoms with E-state index in [2.05, 4.69) is 15.0 Å². The average molecular weight is 737 g/mol. The fraction of sp³-hybridized carbons (Fsp3) is 0.579. The molecule has 11 nitrogen and oxygen atoms in total. The Morgan fingerprint density at radius 1 is 1.09 bits per heavy atom. The number of hydrogen-bond donors (Lipinski definition) is 1. The molecule has 0 bridgehead atoms. The van der Waals surface area contributed by atoms with E-state index in [0.29, 0.717) is 90.6 Å². The van der Waals surface area contributed by atoms with Gasteiger partial charge in [0.05, 0.1) is 45.0 Å². The van der Waals surface area contributed by atoms with Gasteiger partial charge in [0.25, 0.3) is 0 Å². The molecule has 1 unspecified atom stereocenters. The van der Waals surface area contributed by atoms with Crippen molar-refractivity contribution >= 4 is 38.7 Å². The summed E-state index contributed by atoms with van der Waals surface area (Å²) in [5.41, 5.74) is -0.575. The van der Waals surface area contributed by atoms with E-state index in [4.69, 9.17) is 19.4 Å². The third kappa shape index (κ3) is 5.72. The highest BCUT2D eigenvalue weighted by atomic mass is 19.4. The van der Waals surface area contributed by atoms with Crippen LogP contribution in [0.5, 0.6) is 6.01 Å². The number of halogens is 4. The molecule has 282 valence electrons. The number of ether oxygens (including phenoxy) is 2. The monoisotopic (exact) mass is 736 g/mol. The molecule has 0 amide bonds. The molecule has 4 aliphatic heterocycles. The minimum atomic E-state index is -4.69. The third-order valence-electron chi connectivity index (χ3n) is 12.0. The summed E-state index contributed by atoms with van der Waals surface area (Å²) in [5.74, 6) is 0.524. The lowest BCUT2D eigenvalue weighted by Gasteiger charge is -2.38. The van der Waals surface area contributed by atoms with Gasteiger partial charge >= 0.3 is 12.2 Å². The van der Waals surface area contributed by atoms with Crippen LogP contribution in [-0.4, -0.2) is 96.0 Å². The Morgan fingerprint density at radius 2 is 1.92 bits per heavy atom. The third-order valence-corrected chi connectivity index (χ3v) is 12.0. The van der Waals surface area contributed by atoms with E-state index in [1.807, 2.05) is 4.90 Å². The summed E-state index contributed by atoms with van der Waals surface area (Å²) >= 11 is 0. The van der Waals surface area contributed by atoms with Gasteiger partial charge in [0, 0.05) is 62.2 Å². The number of aryl methyl sites for hydroxylation is 2. The van der Waals surface area contributed by atoms with Gasteiger partial charge in [0.2, 0.25) is 0 Å². The predicted octanol–water partition coefficient (Wildman–Crippen LogP) is 6.87. The van der Waals surface area contributed by atoms with Crippen LogP contribution >= 0.6 is 0 Å². The van der Waals surface area contributed by atoms with E-state index < -0.39 is 29.1 Å². The van der Waals surface area contributed by atoms with Gasteiger partial charge in [-0.2, -0.15) is 28.2 Å². The van der Waals surface area contributed by atoms with E-state index in [-0.39, 0.29) is 35.7 Å². The molecule has 4 aliphatic rings. The second-order valence-corrected chi connectivity index (χ2v) is 15.8. The Balaban J connectivity index is 1.26. The Bertz CT molecular complexity index is 2230. The number of anilines is 1. The molecule has 5 aromatic rings. The van der Waals surface area contributed by atoms with Crippen molar-refractivity contribution in [1.29, 1.82) is 0 Å². The van der Waals surface area contributed by atoms with E-state index in [0.717, 1.165) is 32.2 Å². The number of β-amino-alcohol motifs (C(OH)–C–C–N with tert-alkyl or cyclic N) is 1. The number of fused-ring (bicyclic) bond motifs is 5. The highest BCUT2D eigenvalue weighted by molar-refractivity contribution is 6.16. The average Bonchev–Trinajstić information content (AvgIpc) is 3.86. The van der Waals surface area contributed by atoms with Crippen LogP contribution in [0.15, 0.2) is 24.5 Å². The quantitative estimate of drug-likeness (QED) is 0.187. The number of pyridine rings is 1. The zero-order chi connectivity index (χ0) is 36.9. The number of nitrogens with zero attached hydrogens (tertiary/aromatic N) is 8. The summed E-state index contributed by atoms with van der Waals surface area (Å²) in [6.07, 6.45) is 3.11. The molecule has 0 spiro atoms. The number of benzene rings is 1. The van der Waals surface area contributed by atoms with Crippen LogP contribution in [0.25, 0.3) is 44.1 Å². The lowest BCUT2D eigenvalue weighted by Crippen LogP contribution is -2.46. The van der Waals surface area contributed by atoms with Gasteiger partial charge in [0.15, 0.2) is 6.23 Å². The summed E-state index contributed by atoms with van der Waals surface area (Å²) in [6.45, 7) is 6.16. The Morgan fingerprint density at radius 3 is 2.70 bits per heavy atom. The first-order valence-electron chi connectivity index (χ1n) is 18.7. The smallest absolute Gasteiger partial charge is 0.417 e. The van der Waals surface area contributed by atoms with Crippen LogP contribution in [0.4, 0.5) is 23.4 Å². The molecule has 0 radical (unpaired) electrons. The van der Waals surface area contributed by atoms with Gasteiger partial charge in [-0.1, -0.05) is 0 Å². The van der Waals surface area contributed by atoms with Crippen LogP contribution in [0, 0.1) is 6.92 Å². The maximum atomic E-state index is 15.2. The molecule has 1 aromatic carbocycles. The first-order valence-corrected chi connectivity index (χ1v) is 18.7. The van der Waals surface area contributed by atoms with Crippen molar-refractivity contribution in [3.05, 3.63) is 35.7 Å². The second-order valence-electron chi connectivity index (χ2n) is 15.8. The molecule has 4 aromatic heterocycles. The fourth-order valence-electron chi connectivity index (χ4n) is 9.60. The maximum absolute atomic E-state index is 15.2. The van der Waals surface area contributed by atoms with Crippen molar-refractivity contribution in [2.45, 2.75) is 94.9 Å². The largest absolute Gasteiger partial charge is 0.461 e.